The molecule has 25 heavy (non-hydrogen) atoms. The molecule has 2 rings (SSSR count). The Morgan fingerprint density at radius 3 is 2.36 bits per heavy atom. The maximum absolute atomic E-state index is 11.8. The van der Waals surface area contributed by atoms with E-state index in [0.29, 0.717) is 35.8 Å². The molecule has 0 spiro atoms. The van der Waals surface area contributed by atoms with E-state index in [1.54, 1.807) is 23.1 Å². The van der Waals surface area contributed by atoms with Crippen LogP contribution in [0.15, 0.2) is 18.2 Å². The van der Waals surface area contributed by atoms with Crippen LogP contribution in [0.5, 0.6) is 17.2 Å². The van der Waals surface area contributed by atoms with Crippen molar-refractivity contribution in [3.63, 3.8) is 0 Å². The van der Waals surface area contributed by atoms with Gasteiger partial charge >= 0.3 is 5.97 Å². The van der Waals surface area contributed by atoms with E-state index in [1.165, 1.54) is 27.4 Å². The first-order valence-electron chi connectivity index (χ1n) is 8.01. The highest BCUT2D eigenvalue weighted by Crippen LogP contribution is 2.38. The highest BCUT2D eigenvalue weighted by Gasteiger charge is 2.19. The van der Waals surface area contributed by atoms with Gasteiger partial charge in [-0.05, 0) is 30.2 Å². The Morgan fingerprint density at radius 1 is 1.16 bits per heavy atom. The van der Waals surface area contributed by atoms with E-state index in [0.717, 1.165) is 13.0 Å². The van der Waals surface area contributed by atoms with Crippen LogP contribution in [-0.4, -0.2) is 57.8 Å². The third-order valence-electron chi connectivity index (χ3n) is 3.88. The molecule has 0 unspecified atom stereocenters. The number of nitrogens with zero attached hydrogens (tertiary/aromatic N) is 1. The van der Waals surface area contributed by atoms with Crippen molar-refractivity contribution in [3.8, 4) is 17.2 Å². The fourth-order valence-electron chi connectivity index (χ4n) is 2.61. The fraction of sp³-hybridized carbons (Fsp3) is 0.444. The van der Waals surface area contributed by atoms with Crippen molar-refractivity contribution in [1.82, 2.24) is 4.90 Å². The summed E-state index contributed by atoms with van der Waals surface area (Å²) in [4.78, 5) is 25.0. The van der Waals surface area contributed by atoms with Crippen LogP contribution < -0.4 is 14.2 Å². The van der Waals surface area contributed by atoms with Crippen molar-refractivity contribution < 1.29 is 28.5 Å². The minimum absolute atomic E-state index is 0.115. The van der Waals surface area contributed by atoms with Crippen molar-refractivity contribution in [2.24, 2.45) is 0 Å². The summed E-state index contributed by atoms with van der Waals surface area (Å²) in [6, 6.07) is 3.46. The molecule has 0 saturated carbocycles. The molecule has 7 nitrogen and oxygen atoms in total. The first-order chi connectivity index (χ1) is 12.1. The number of rotatable bonds is 8. The monoisotopic (exact) mass is 349 g/mol. The second kappa shape index (κ2) is 8.96. The lowest BCUT2D eigenvalue weighted by Crippen LogP contribution is -2.29. The smallest absolute Gasteiger partial charge is 0.330 e. The molecule has 1 saturated heterocycles. The van der Waals surface area contributed by atoms with Crippen LogP contribution in [0.3, 0.4) is 0 Å². The molecule has 1 heterocycles. The van der Waals surface area contributed by atoms with E-state index in [4.69, 9.17) is 18.9 Å². The molecule has 1 amide bonds. The quantitative estimate of drug-likeness (QED) is 0.527. The maximum atomic E-state index is 11.8. The van der Waals surface area contributed by atoms with E-state index in [2.05, 4.69) is 0 Å². The van der Waals surface area contributed by atoms with E-state index in [9.17, 15) is 9.59 Å². The van der Waals surface area contributed by atoms with Crippen LogP contribution in [0.4, 0.5) is 0 Å². The van der Waals surface area contributed by atoms with Gasteiger partial charge in [-0.1, -0.05) is 0 Å². The molecule has 1 aliphatic rings. The zero-order valence-electron chi connectivity index (χ0n) is 14.7. The Hall–Kier alpha value is -2.70. The van der Waals surface area contributed by atoms with Crippen LogP contribution >= 0.6 is 0 Å². The lowest BCUT2D eigenvalue weighted by molar-refractivity contribution is -0.139. The summed E-state index contributed by atoms with van der Waals surface area (Å²) in [5.41, 5.74) is 0.709. The van der Waals surface area contributed by atoms with Gasteiger partial charge in [-0.15, -0.1) is 0 Å². The number of esters is 1. The standard InChI is InChI=1S/C18H23NO6/c1-22-14-11-13(12-15(23-2)18(14)24-3)6-7-17(21)25-10-9-19-8-4-5-16(19)20/h6-7,11-12H,4-5,8-10H2,1-3H3. The number of likely N-dealkylation sites (tertiary alicyclic amines) is 1. The van der Waals surface area contributed by atoms with Crippen molar-refractivity contribution >= 4 is 18.0 Å². The molecule has 0 aromatic heterocycles. The van der Waals surface area contributed by atoms with Gasteiger partial charge in [-0.3, -0.25) is 4.79 Å². The normalized spacial score (nSPS) is 14.0. The Labute approximate surface area is 147 Å². The molecule has 0 radical (unpaired) electrons. The maximum Gasteiger partial charge on any atom is 0.330 e. The van der Waals surface area contributed by atoms with E-state index in [1.807, 2.05) is 0 Å². The molecule has 0 atom stereocenters. The van der Waals surface area contributed by atoms with Crippen molar-refractivity contribution in [2.75, 3.05) is 41.0 Å². The van der Waals surface area contributed by atoms with Crippen LogP contribution in [-0.2, 0) is 14.3 Å². The molecule has 0 aliphatic carbocycles. The lowest BCUT2D eigenvalue weighted by Gasteiger charge is -2.14. The lowest BCUT2D eigenvalue weighted by atomic mass is 10.1. The molecule has 136 valence electrons. The Kier molecular flexibility index (Phi) is 6.68. The number of amides is 1. The molecular weight excluding hydrogens is 326 g/mol. The molecule has 0 bridgehead atoms. The number of hydrogen-bond acceptors (Lipinski definition) is 6. The van der Waals surface area contributed by atoms with Gasteiger partial charge in [0.2, 0.25) is 11.7 Å². The fourth-order valence-corrected chi connectivity index (χ4v) is 2.61. The van der Waals surface area contributed by atoms with Crippen molar-refractivity contribution in [3.05, 3.63) is 23.8 Å². The minimum Gasteiger partial charge on any atom is -0.493 e. The summed E-state index contributed by atoms with van der Waals surface area (Å²) < 4.78 is 20.9. The van der Waals surface area contributed by atoms with E-state index >= 15 is 0 Å². The van der Waals surface area contributed by atoms with Gasteiger partial charge in [0.25, 0.3) is 0 Å². The van der Waals surface area contributed by atoms with Gasteiger partial charge < -0.3 is 23.8 Å². The zero-order valence-corrected chi connectivity index (χ0v) is 14.7. The first-order valence-corrected chi connectivity index (χ1v) is 8.01. The average molecular weight is 349 g/mol. The molecule has 1 aromatic rings. The van der Waals surface area contributed by atoms with Gasteiger partial charge in [0, 0.05) is 19.0 Å². The Balaban J connectivity index is 1.93. The second-order valence-electron chi connectivity index (χ2n) is 5.44. The summed E-state index contributed by atoms with van der Waals surface area (Å²) in [6.07, 6.45) is 4.38. The molecular formula is C18H23NO6. The third-order valence-corrected chi connectivity index (χ3v) is 3.88. The molecule has 0 N–H and O–H groups in total. The summed E-state index contributed by atoms with van der Waals surface area (Å²) in [6.45, 7) is 1.35. The highest BCUT2D eigenvalue weighted by atomic mass is 16.5. The molecule has 1 aliphatic heterocycles. The number of methoxy groups -OCH3 is 3. The van der Waals surface area contributed by atoms with Gasteiger partial charge in [0.1, 0.15) is 6.61 Å². The van der Waals surface area contributed by atoms with Crippen molar-refractivity contribution in [1.29, 1.82) is 0 Å². The number of benzene rings is 1. The summed E-state index contributed by atoms with van der Waals surface area (Å²) in [7, 11) is 4.58. The third kappa shape index (κ3) is 4.89. The predicted molar refractivity (Wildman–Crippen MR) is 91.9 cm³/mol. The van der Waals surface area contributed by atoms with Crippen molar-refractivity contribution in [2.45, 2.75) is 12.8 Å². The largest absolute Gasteiger partial charge is 0.493 e. The molecule has 1 aromatic carbocycles. The predicted octanol–water partition coefficient (Wildman–Crippen LogP) is 1.89. The number of carbonyl (C=O) groups is 2. The zero-order chi connectivity index (χ0) is 18.2. The van der Waals surface area contributed by atoms with Crippen LogP contribution in [0.1, 0.15) is 18.4 Å². The van der Waals surface area contributed by atoms with Crippen LogP contribution in [0, 0.1) is 0 Å². The summed E-state index contributed by atoms with van der Waals surface area (Å²) in [5.74, 6) is 1.13. The first kappa shape index (κ1) is 18.6. The van der Waals surface area contributed by atoms with Gasteiger partial charge in [-0.25, -0.2) is 4.79 Å². The number of carbonyl (C=O) groups excluding carboxylic acids is 2. The SMILES string of the molecule is COc1cc(C=CC(=O)OCCN2CCCC2=O)cc(OC)c1OC. The van der Waals surface area contributed by atoms with Gasteiger partial charge in [-0.2, -0.15) is 0 Å². The molecule has 7 heteroatoms. The topological polar surface area (TPSA) is 74.3 Å². The van der Waals surface area contributed by atoms with Crippen LogP contribution in [0.2, 0.25) is 0 Å². The average Bonchev–Trinajstić information content (AvgIpc) is 3.03. The highest BCUT2D eigenvalue weighted by molar-refractivity contribution is 5.87. The Bertz CT molecular complexity index is 630. The number of hydrogen-bond donors (Lipinski definition) is 0. The second-order valence-corrected chi connectivity index (χ2v) is 5.44. The summed E-state index contributed by atoms with van der Waals surface area (Å²) in [5, 5.41) is 0. The van der Waals surface area contributed by atoms with Gasteiger partial charge in [0.15, 0.2) is 11.5 Å². The summed E-state index contributed by atoms with van der Waals surface area (Å²) >= 11 is 0. The minimum atomic E-state index is -0.472. The molecule has 1 fully saturated rings. The van der Waals surface area contributed by atoms with Crippen LogP contribution in [0.25, 0.3) is 6.08 Å². The number of ether oxygens (including phenoxy) is 4. The van der Waals surface area contributed by atoms with E-state index < -0.39 is 5.97 Å². The van der Waals surface area contributed by atoms with E-state index in [-0.39, 0.29) is 12.5 Å². The Morgan fingerprint density at radius 2 is 1.84 bits per heavy atom. The van der Waals surface area contributed by atoms with Gasteiger partial charge in [0.05, 0.1) is 27.9 Å².